The van der Waals surface area contributed by atoms with Crippen molar-refractivity contribution in [3.8, 4) is 0 Å². The lowest BCUT2D eigenvalue weighted by Gasteiger charge is -2.15. The normalized spacial score (nSPS) is 11.2. The van der Waals surface area contributed by atoms with E-state index in [0.29, 0.717) is 0 Å². The molecule has 0 saturated heterocycles. The number of hydrogen-bond donors (Lipinski definition) is 0. The van der Waals surface area contributed by atoms with Crippen LogP contribution < -0.4 is 0 Å². The Bertz CT molecular complexity index is 110. The summed E-state index contributed by atoms with van der Waals surface area (Å²) < 4.78 is 0. The second-order valence-electron chi connectivity index (χ2n) is 2.92. The van der Waals surface area contributed by atoms with Gasteiger partial charge in [-0.15, -0.1) is 0 Å². The molecule has 0 radical (unpaired) electrons. The van der Waals surface area contributed by atoms with Crippen molar-refractivity contribution in [1.82, 2.24) is 4.90 Å². The molecule has 0 aliphatic rings. The van der Waals surface area contributed by atoms with Crippen LogP contribution in [0.3, 0.4) is 0 Å². The predicted molar refractivity (Wildman–Crippen MR) is 54.1 cm³/mol. The summed E-state index contributed by atoms with van der Waals surface area (Å²) in [5.74, 6) is 0.432. The monoisotopic (exact) mass is 173 g/mol. The van der Waals surface area contributed by atoms with Crippen LogP contribution in [0, 0.1) is 5.92 Å². The van der Waals surface area contributed by atoms with Crippen molar-refractivity contribution in [2.24, 2.45) is 5.92 Å². The quantitative estimate of drug-likeness (QED) is 0.642. The lowest BCUT2D eigenvalue weighted by molar-refractivity contribution is -0.132. The van der Waals surface area contributed by atoms with Gasteiger partial charge in [0.15, 0.2) is 0 Å². The van der Waals surface area contributed by atoms with Crippen molar-refractivity contribution in [3.63, 3.8) is 0 Å². The SMILES string of the molecule is CC.CCC[C@H](C)C(=O)N(C)C. The van der Waals surface area contributed by atoms with E-state index in [1.807, 2.05) is 20.8 Å². The molecule has 0 N–H and O–H groups in total. The average Bonchev–Trinajstić information content (AvgIpc) is 2.07. The van der Waals surface area contributed by atoms with Gasteiger partial charge in [-0.3, -0.25) is 4.79 Å². The highest BCUT2D eigenvalue weighted by Gasteiger charge is 2.12. The Morgan fingerprint density at radius 3 is 2.00 bits per heavy atom. The van der Waals surface area contributed by atoms with Crippen molar-refractivity contribution in [2.45, 2.75) is 40.5 Å². The second kappa shape index (κ2) is 8.57. The standard InChI is InChI=1S/C8H17NO.C2H6/c1-5-6-7(2)8(10)9(3)4;1-2/h7H,5-6H2,1-4H3;1-2H3/t7-;/m0./s1. The lowest BCUT2D eigenvalue weighted by Crippen LogP contribution is -2.27. The molecular weight excluding hydrogens is 150 g/mol. The largest absolute Gasteiger partial charge is 0.349 e. The molecule has 74 valence electrons. The van der Waals surface area contributed by atoms with E-state index in [1.54, 1.807) is 19.0 Å². The summed E-state index contributed by atoms with van der Waals surface area (Å²) in [5, 5.41) is 0. The van der Waals surface area contributed by atoms with Gasteiger partial charge in [0.2, 0.25) is 5.91 Å². The number of hydrogen-bond acceptors (Lipinski definition) is 1. The Hall–Kier alpha value is -0.530. The Morgan fingerprint density at radius 2 is 1.75 bits per heavy atom. The molecule has 0 aliphatic heterocycles. The molecule has 0 heterocycles. The van der Waals surface area contributed by atoms with Gasteiger partial charge >= 0.3 is 0 Å². The molecule has 1 atom stereocenters. The van der Waals surface area contributed by atoms with Gasteiger partial charge in [0, 0.05) is 20.0 Å². The van der Waals surface area contributed by atoms with Gasteiger partial charge in [0.05, 0.1) is 0 Å². The summed E-state index contributed by atoms with van der Waals surface area (Å²) in [6.45, 7) is 8.07. The molecule has 0 aromatic rings. The zero-order valence-corrected chi connectivity index (χ0v) is 9.35. The minimum absolute atomic E-state index is 0.194. The van der Waals surface area contributed by atoms with Crippen molar-refractivity contribution < 1.29 is 4.79 Å². The topological polar surface area (TPSA) is 20.3 Å². The molecule has 12 heavy (non-hydrogen) atoms. The van der Waals surface area contributed by atoms with E-state index in [4.69, 9.17) is 0 Å². The minimum atomic E-state index is 0.194. The number of nitrogens with zero attached hydrogens (tertiary/aromatic N) is 1. The third kappa shape index (κ3) is 6.20. The van der Waals surface area contributed by atoms with E-state index in [1.165, 1.54) is 0 Å². The van der Waals surface area contributed by atoms with Gasteiger partial charge in [0.1, 0.15) is 0 Å². The number of rotatable bonds is 3. The lowest BCUT2D eigenvalue weighted by atomic mass is 10.1. The molecule has 0 aromatic heterocycles. The van der Waals surface area contributed by atoms with Crippen LogP contribution in [0.5, 0.6) is 0 Å². The van der Waals surface area contributed by atoms with Crippen LogP contribution in [-0.2, 0) is 4.79 Å². The predicted octanol–water partition coefficient (Wildman–Crippen LogP) is 2.54. The number of carbonyl (C=O) groups is 1. The molecule has 2 nitrogen and oxygen atoms in total. The summed E-state index contributed by atoms with van der Waals surface area (Å²) in [5.41, 5.74) is 0. The summed E-state index contributed by atoms with van der Waals surface area (Å²) in [4.78, 5) is 12.8. The van der Waals surface area contributed by atoms with E-state index in [0.717, 1.165) is 12.8 Å². The van der Waals surface area contributed by atoms with Crippen molar-refractivity contribution in [2.75, 3.05) is 14.1 Å². The van der Waals surface area contributed by atoms with Crippen LogP contribution >= 0.6 is 0 Å². The fourth-order valence-electron chi connectivity index (χ4n) is 0.997. The van der Waals surface area contributed by atoms with E-state index < -0.39 is 0 Å². The van der Waals surface area contributed by atoms with Gasteiger partial charge in [-0.05, 0) is 6.42 Å². The Morgan fingerprint density at radius 1 is 1.33 bits per heavy atom. The third-order valence-electron chi connectivity index (χ3n) is 1.58. The van der Waals surface area contributed by atoms with Crippen LogP contribution in [0.1, 0.15) is 40.5 Å². The fourth-order valence-corrected chi connectivity index (χ4v) is 0.997. The van der Waals surface area contributed by atoms with Crippen LogP contribution in [0.2, 0.25) is 0 Å². The molecule has 0 aliphatic carbocycles. The summed E-state index contributed by atoms with van der Waals surface area (Å²) in [6.07, 6.45) is 2.08. The van der Waals surface area contributed by atoms with E-state index >= 15 is 0 Å². The first kappa shape index (κ1) is 14.0. The van der Waals surface area contributed by atoms with Gasteiger partial charge in [-0.2, -0.15) is 0 Å². The van der Waals surface area contributed by atoms with Crippen LogP contribution in [0.4, 0.5) is 0 Å². The van der Waals surface area contributed by atoms with Crippen LogP contribution in [-0.4, -0.2) is 24.9 Å². The van der Waals surface area contributed by atoms with Gasteiger partial charge < -0.3 is 4.90 Å². The molecule has 1 amide bonds. The Kier molecular flexibility index (Phi) is 10.0. The van der Waals surface area contributed by atoms with E-state index in [9.17, 15) is 4.79 Å². The maximum atomic E-state index is 11.2. The highest BCUT2D eigenvalue weighted by molar-refractivity contribution is 5.77. The maximum Gasteiger partial charge on any atom is 0.224 e. The molecule has 0 unspecified atom stereocenters. The first-order chi connectivity index (χ1) is 5.59. The molecular formula is C10H23NO. The molecule has 2 heteroatoms. The second-order valence-corrected chi connectivity index (χ2v) is 2.92. The smallest absolute Gasteiger partial charge is 0.224 e. The molecule has 0 fully saturated rings. The number of amides is 1. The highest BCUT2D eigenvalue weighted by atomic mass is 16.2. The average molecular weight is 173 g/mol. The zero-order valence-electron chi connectivity index (χ0n) is 9.35. The summed E-state index contributed by atoms with van der Waals surface area (Å²) >= 11 is 0. The van der Waals surface area contributed by atoms with Gasteiger partial charge in [-0.1, -0.05) is 34.1 Å². The van der Waals surface area contributed by atoms with Gasteiger partial charge in [0.25, 0.3) is 0 Å². The van der Waals surface area contributed by atoms with Gasteiger partial charge in [-0.25, -0.2) is 0 Å². The minimum Gasteiger partial charge on any atom is -0.349 e. The van der Waals surface area contributed by atoms with Crippen molar-refractivity contribution in [1.29, 1.82) is 0 Å². The van der Waals surface area contributed by atoms with Crippen LogP contribution in [0.15, 0.2) is 0 Å². The van der Waals surface area contributed by atoms with E-state index in [2.05, 4.69) is 6.92 Å². The molecule has 0 bridgehead atoms. The third-order valence-corrected chi connectivity index (χ3v) is 1.58. The van der Waals surface area contributed by atoms with Crippen molar-refractivity contribution in [3.05, 3.63) is 0 Å². The molecule has 0 spiro atoms. The Balaban J connectivity index is 0. The summed E-state index contributed by atoms with van der Waals surface area (Å²) in [7, 11) is 3.60. The zero-order chi connectivity index (χ0) is 10.1. The molecule has 0 saturated carbocycles. The summed E-state index contributed by atoms with van der Waals surface area (Å²) in [6, 6.07) is 0. The molecule has 0 rings (SSSR count). The fraction of sp³-hybridized carbons (Fsp3) is 0.900. The molecule has 0 aromatic carbocycles. The number of carbonyl (C=O) groups excluding carboxylic acids is 1. The van der Waals surface area contributed by atoms with Crippen molar-refractivity contribution >= 4 is 5.91 Å². The Labute approximate surface area is 77.0 Å². The van der Waals surface area contributed by atoms with Crippen LogP contribution in [0.25, 0.3) is 0 Å². The van der Waals surface area contributed by atoms with E-state index in [-0.39, 0.29) is 11.8 Å². The highest BCUT2D eigenvalue weighted by Crippen LogP contribution is 2.06. The maximum absolute atomic E-state index is 11.2. The first-order valence-electron chi connectivity index (χ1n) is 4.80. The first-order valence-corrected chi connectivity index (χ1v) is 4.80.